The van der Waals surface area contributed by atoms with Gasteiger partial charge in [-0.1, -0.05) is 20.8 Å². The number of hydrogen-bond donors (Lipinski definition) is 2. The summed E-state index contributed by atoms with van der Waals surface area (Å²) in [5.74, 6) is 0.449. The molecule has 0 saturated carbocycles. The highest BCUT2D eigenvalue weighted by atomic mass is 28.4. The van der Waals surface area contributed by atoms with Crippen molar-refractivity contribution in [3.8, 4) is 5.75 Å². The van der Waals surface area contributed by atoms with Crippen LogP contribution in [-0.4, -0.2) is 21.6 Å². The molecule has 0 atom stereocenters. The zero-order valence-electron chi connectivity index (χ0n) is 14.9. The van der Waals surface area contributed by atoms with E-state index in [4.69, 9.17) is 9.16 Å². The van der Waals surface area contributed by atoms with E-state index in [-0.39, 0.29) is 17.2 Å². The lowest BCUT2D eigenvalue weighted by Crippen LogP contribution is -2.44. The summed E-state index contributed by atoms with van der Waals surface area (Å²) in [5, 5.41) is -0.0534. The molecule has 0 bridgehead atoms. The van der Waals surface area contributed by atoms with E-state index in [2.05, 4.69) is 44.7 Å². The second kappa shape index (κ2) is 6.01. The molecule has 0 unspecified atom stereocenters. The monoisotopic (exact) mass is 362 g/mol. The minimum absolute atomic E-state index is 0.0534. The van der Waals surface area contributed by atoms with Crippen molar-refractivity contribution in [2.24, 2.45) is 0 Å². The average Bonchev–Trinajstić information content (AvgIpc) is 3.17. The third kappa shape index (κ3) is 3.61. The smallest absolute Gasteiger partial charge is 0.426 e. The Morgan fingerprint density at radius 3 is 2.08 bits per heavy atom. The first-order valence-electron chi connectivity index (χ1n) is 7.76. The van der Waals surface area contributed by atoms with Crippen LogP contribution in [0.15, 0.2) is 18.2 Å². The molecule has 2 rings (SSSR count). The zero-order chi connectivity index (χ0) is 18.4. The van der Waals surface area contributed by atoms with Crippen LogP contribution in [0.1, 0.15) is 31.9 Å². The first-order chi connectivity index (χ1) is 10.8. The predicted molar refractivity (Wildman–Crippen MR) is 89.0 cm³/mol. The predicted octanol–water partition coefficient (Wildman–Crippen LogP) is 4.04. The summed E-state index contributed by atoms with van der Waals surface area (Å²) in [5.41, 5.74) is 2.98. The standard InChI is InChI=1S/C16H25F3N2O2Si/c1-14(2,3)24(5,6)23-13-8-11(10-22-4)7-12(9-13)15(20-21-15)16(17,18)19/h7-9,20-21H,10H2,1-6H3. The molecule has 0 spiro atoms. The highest BCUT2D eigenvalue weighted by Crippen LogP contribution is 2.44. The number of rotatable bonds is 5. The van der Waals surface area contributed by atoms with Crippen LogP contribution >= 0.6 is 0 Å². The van der Waals surface area contributed by atoms with Crippen LogP contribution in [0.25, 0.3) is 0 Å². The van der Waals surface area contributed by atoms with Gasteiger partial charge in [0.15, 0.2) is 0 Å². The van der Waals surface area contributed by atoms with E-state index in [1.54, 1.807) is 6.07 Å². The Balaban J connectivity index is 2.43. The van der Waals surface area contributed by atoms with Crippen molar-refractivity contribution >= 4 is 8.32 Å². The topological polar surface area (TPSA) is 62.3 Å². The molecule has 8 heteroatoms. The lowest BCUT2D eigenvalue weighted by Gasteiger charge is -2.36. The average molecular weight is 362 g/mol. The van der Waals surface area contributed by atoms with Crippen molar-refractivity contribution in [1.29, 1.82) is 0 Å². The van der Waals surface area contributed by atoms with Gasteiger partial charge >= 0.3 is 6.18 Å². The molecule has 136 valence electrons. The molecule has 1 fully saturated rings. The SMILES string of the molecule is COCc1cc(O[Si](C)(C)C(C)(C)C)cc(C2(C(F)(F)F)NN2)c1. The number of hydrazine groups is 1. The van der Waals surface area contributed by atoms with Crippen LogP contribution in [0, 0.1) is 0 Å². The summed E-state index contributed by atoms with van der Waals surface area (Å²) < 4.78 is 51.4. The van der Waals surface area contributed by atoms with Crippen molar-refractivity contribution in [3.63, 3.8) is 0 Å². The lowest BCUT2D eigenvalue weighted by molar-refractivity contribution is -0.165. The fourth-order valence-electron chi connectivity index (χ4n) is 2.15. The van der Waals surface area contributed by atoms with Crippen LogP contribution in [0.5, 0.6) is 5.75 Å². The van der Waals surface area contributed by atoms with Gasteiger partial charge in [0, 0.05) is 12.7 Å². The Labute approximate surface area is 141 Å². The normalized spacial score (nSPS) is 17.7. The van der Waals surface area contributed by atoms with E-state index in [9.17, 15) is 13.2 Å². The molecule has 24 heavy (non-hydrogen) atoms. The molecule has 2 N–H and O–H groups in total. The minimum atomic E-state index is -4.45. The third-order valence-corrected chi connectivity index (χ3v) is 9.05. The number of halogens is 3. The second-order valence-electron chi connectivity index (χ2n) is 7.66. The summed E-state index contributed by atoms with van der Waals surface area (Å²) in [4.78, 5) is 0. The number of hydrogen-bond acceptors (Lipinski definition) is 4. The lowest BCUT2D eigenvalue weighted by atomic mass is 10.0. The highest BCUT2D eigenvalue weighted by Gasteiger charge is 2.65. The van der Waals surface area contributed by atoms with Gasteiger partial charge in [-0.25, -0.2) is 10.9 Å². The van der Waals surface area contributed by atoms with Crippen LogP contribution in [-0.2, 0) is 17.0 Å². The van der Waals surface area contributed by atoms with Gasteiger partial charge in [0.1, 0.15) is 5.75 Å². The van der Waals surface area contributed by atoms with Gasteiger partial charge in [0.05, 0.1) is 6.61 Å². The summed E-state index contributed by atoms with van der Waals surface area (Å²) in [6.45, 7) is 10.6. The summed E-state index contributed by atoms with van der Waals surface area (Å²) in [6, 6.07) is 4.70. The van der Waals surface area contributed by atoms with Crippen LogP contribution in [0.4, 0.5) is 13.2 Å². The van der Waals surface area contributed by atoms with E-state index >= 15 is 0 Å². The van der Waals surface area contributed by atoms with Gasteiger partial charge in [-0.05, 0) is 41.9 Å². The van der Waals surface area contributed by atoms with Crippen molar-refractivity contribution in [1.82, 2.24) is 10.9 Å². The maximum Gasteiger partial charge on any atom is 0.426 e. The van der Waals surface area contributed by atoms with E-state index in [0.29, 0.717) is 11.3 Å². The second-order valence-corrected chi connectivity index (χ2v) is 12.4. The van der Waals surface area contributed by atoms with Crippen LogP contribution in [0.3, 0.4) is 0 Å². The number of ether oxygens (including phenoxy) is 1. The molecule has 1 aromatic rings. The third-order valence-electron chi connectivity index (χ3n) is 4.69. The van der Waals surface area contributed by atoms with Crippen LogP contribution in [0.2, 0.25) is 18.1 Å². The number of alkyl halides is 3. The molecular weight excluding hydrogens is 337 g/mol. The first-order valence-corrected chi connectivity index (χ1v) is 10.7. The summed E-state index contributed by atoms with van der Waals surface area (Å²) >= 11 is 0. The Morgan fingerprint density at radius 1 is 1.08 bits per heavy atom. The van der Waals surface area contributed by atoms with Gasteiger partial charge < -0.3 is 9.16 Å². The molecule has 1 aliphatic heterocycles. The molecule has 0 aliphatic carbocycles. The number of benzene rings is 1. The molecule has 1 heterocycles. The number of nitrogens with one attached hydrogen (secondary N) is 2. The van der Waals surface area contributed by atoms with Crippen molar-refractivity contribution in [3.05, 3.63) is 29.3 Å². The first kappa shape index (κ1) is 19.2. The van der Waals surface area contributed by atoms with Crippen LogP contribution < -0.4 is 15.3 Å². The van der Waals surface area contributed by atoms with Gasteiger partial charge in [-0.3, -0.25) is 0 Å². The van der Waals surface area contributed by atoms with Gasteiger partial charge in [0.25, 0.3) is 0 Å². The number of methoxy groups -OCH3 is 1. The van der Waals surface area contributed by atoms with E-state index in [0.717, 1.165) is 0 Å². The molecule has 0 amide bonds. The molecule has 1 aliphatic rings. The molecule has 1 saturated heterocycles. The quantitative estimate of drug-likeness (QED) is 0.613. The maximum absolute atomic E-state index is 13.4. The maximum atomic E-state index is 13.4. The van der Waals surface area contributed by atoms with E-state index in [1.807, 2.05) is 0 Å². The molecule has 0 radical (unpaired) electrons. The van der Waals surface area contributed by atoms with Crippen molar-refractivity contribution in [2.45, 2.75) is 57.3 Å². The fraction of sp³-hybridized carbons (Fsp3) is 0.625. The Kier molecular flexibility index (Phi) is 4.82. The summed E-state index contributed by atoms with van der Waals surface area (Å²) in [6.07, 6.45) is -4.45. The van der Waals surface area contributed by atoms with Crippen molar-refractivity contribution in [2.75, 3.05) is 7.11 Å². The molecule has 1 aromatic carbocycles. The van der Waals surface area contributed by atoms with Gasteiger partial charge in [-0.15, -0.1) is 0 Å². The highest BCUT2D eigenvalue weighted by molar-refractivity contribution is 6.74. The van der Waals surface area contributed by atoms with E-state index < -0.39 is 20.2 Å². The zero-order valence-corrected chi connectivity index (χ0v) is 15.9. The molecular formula is C16H25F3N2O2Si. The fourth-order valence-corrected chi connectivity index (χ4v) is 3.16. The van der Waals surface area contributed by atoms with Crippen molar-refractivity contribution < 1.29 is 22.3 Å². The van der Waals surface area contributed by atoms with Gasteiger partial charge in [0.2, 0.25) is 14.0 Å². The van der Waals surface area contributed by atoms with Gasteiger partial charge in [-0.2, -0.15) is 13.2 Å². The Bertz CT molecular complexity index is 608. The van der Waals surface area contributed by atoms with E-state index in [1.165, 1.54) is 19.2 Å². The minimum Gasteiger partial charge on any atom is -0.543 e. The molecule has 4 nitrogen and oxygen atoms in total. The largest absolute Gasteiger partial charge is 0.543 e. The Morgan fingerprint density at radius 2 is 1.67 bits per heavy atom. The molecule has 0 aromatic heterocycles. The Hall–Kier alpha value is -1.09. The summed E-state index contributed by atoms with van der Waals surface area (Å²) in [7, 11) is -0.654.